The molecule has 0 aliphatic carbocycles. The van der Waals surface area contributed by atoms with Crippen LogP contribution in [0.1, 0.15) is 6.92 Å². The molecule has 8 heteroatoms. The molecule has 16 heavy (non-hydrogen) atoms. The molecule has 1 heterocycles. The molecule has 4 atom stereocenters. The Balaban J connectivity index is 0.00000225. The minimum Gasteiger partial charge on any atom is -1.00 e. The second-order valence-corrected chi connectivity index (χ2v) is 3.62. The molecule has 6 N–H and O–H groups in total. The molecule has 0 aromatic carbocycles. The fourth-order valence-electron chi connectivity index (χ4n) is 1.65. The summed E-state index contributed by atoms with van der Waals surface area (Å²) in [6, 6.07) is 0. The standard InChI is InChI=1S/C8H14N2O5.ClH/c1-3(11)10-7-6(13)5(12)4(2-9-7)8(14)15;/h4-7,9,12-13H,2H2,1H3,(H,10,11)(H,14,15);1H/t4-,5-,6-,7+;/m0./s1. The summed E-state index contributed by atoms with van der Waals surface area (Å²) in [5.41, 5.74) is 0. The van der Waals surface area contributed by atoms with E-state index in [0.717, 1.165) is 0 Å². The topological polar surface area (TPSA) is 123 Å². The van der Waals surface area contributed by atoms with Crippen molar-refractivity contribution >= 4 is 11.9 Å². The third-order valence-electron chi connectivity index (χ3n) is 2.46. The normalized spacial score (nSPS) is 33.7. The molecule has 0 radical (unpaired) electrons. The zero-order valence-electron chi connectivity index (χ0n) is 8.63. The quantitative estimate of drug-likeness (QED) is 0.335. The predicted molar refractivity (Wildman–Crippen MR) is 47.5 cm³/mol. The van der Waals surface area contributed by atoms with E-state index in [9.17, 15) is 19.8 Å². The molecule has 0 unspecified atom stereocenters. The van der Waals surface area contributed by atoms with Crippen molar-refractivity contribution < 1.29 is 42.6 Å². The zero-order valence-corrected chi connectivity index (χ0v) is 9.39. The Kier molecular flexibility index (Phi) is 5.66. The van der Waals surface area contributed by atoms with Crippen molar-refractivity contribution in [2.45, 2.75) is 25.3 Å². The Morgan fingerprint density at radius 1 is 1.31 bits per heavy atom. The van der Waals surface area contributed by atoms with Crippen molar-refractivity contribution in [1.29, 1.82) is 0 Å². The molecular weight excluding hydrogens is 240 g/mol. The maximum absolute atomic E-state index is 10.7. The Morgan fingerprint density at radius 3 is 2.31 bits per heavy atom. The summed E-state index contributed by atoms with van der Waals surface area (Å²) in [6.45, 7) is 1.41. The number of rotatable bonds is 2. The number of quaternary nitrogens is 1. The van der Waals surface area contributed by atoms with Gasteiger partial charge in [0.25, 0.3) is 0 Å². The van der Waals surface area contributed by atoms with Crippen LogP contribution in [0.3, 0.4) is 0 Å². The van der Waals surface area contributed by atoms with Crippen molar-refractivity contribution in [2.24, 2.45) is 5.92 Å². The number of nitrogens with two attached hydrogens (primary N) is 1. The first-order chi connectivity index (χ1) is 6.93. The van der Waals surface area contributed by atoms with Crippen LogP contribution in [0, 0.1) is 5.92 Å². The van der Waals surface area contributed by atoms with E-state index in [2.05, 4.69) is 5.32 Å². The SMILES string of the molecule is CC(=O)N[C@H]1[NH2+]C[C@H](C(=O)O)[C@H](O)[C@@H]1O.[Cl-]. The van der Waals surface area contributed by atoms with Crippen LogP contribution in [0.25, 0.3) is 0 Å². The van der Waals surface area contributed by atoms with Gasteiger partial charge in [-0.05, 0) is 0 Å². The molecular formula is C8H15ClN2O5. The number of amides is 1. The molecule has 1 amide bonds. The zero-order chi connectivity index (χ0) is 11.6. The number of carbonyl (C=O) groups excluding carboxylic acids is 1. The number of aliphatic carboxylic acids is 1. The van der Waals surface area contributed by atoms with E-state index in [-0.39, 0.29) is 24.9 Å². The number of hydrogen-bond donors (Lipinski definition) is 5. The highest BCUT2D eigenvalue weighted by molar-refractivity contribution is 5.73. The van der Waals surface area contributed by atoms with Crippen LogP contribution in [-0.4, -0.2) is 52.1 Å². The number of carboxylic acids is 1. The van der Waals surface area contributed by atoms with Crippen LogP contribution >= 0.6 is 0 Å². The van der Waals surface area contributed by atoms with Crippen molar-refractivity contribution in [3.05, 3.63) is 0 Å². The summed E-state index contributed by atoms with van der Waals surface area (Å²) in [4.78, 5) is 21.4. The molecule has 1 aliphatic rings. The molecule has 0 aromatic heterocycles. The number of carboxylic acid groups (broad SMARTS) is 1. The van der Waals surface area contributed by atoms with Gasteiger partial charge in [0.05, 0.1) is 6.54 Å². The summed E-state index contributed by atoms with van der Waals surface area (Å²) < 4.78 is 0. The molecule has 7 nitrogen and oxygen atoms in total. The van der Waals surface area contributed by atoms with Crippen LogP contribution in [0.5, 0.6) is 0 Å². The third-order valence-corrected chi connectivity index (χ3v) is 2.46. The van der Waals surface area contributed by atoms with Crippen molar-refractivity contribution in [3.8, 4) is 0 Å². The van der Waals surface area contributed by atoms with Crippen molar-refractivity contribution in [1.82, 2.24) is 5.32 Å². The average Bonchev–Trinajstić information content (AvgIpc) is 2.12. The number of halogens is 1. The summed E-state index contributed by atoms with van der Waals surface area (Å²) >= 11 is 0. The van der Waals surface area contributed by atoms with Gasteiger partial charge in [-0.1, -0.05) is 0 Å². The highest BCUT2D eigenvalue weighted by Gasteiger charge is 2.44. The van der Waals surface area contributed by atoms with Gasteiger partial charge >= 0.3 is 5.97 Å². The maximum Gasteiger partial charge on any atom is 0.315 e. The molecule has 0 spiro atoms. The van der Waals surface area contributed by atoms with E-state index in [1.54, 1.807) is 0 Å². The molecule has 1 saturated heterocycles. The van der Waals surface area contributed by atoms with E-state index in [4.69, 9.17) is 5.11 Å². The number of nitrogens with one attached hydrogen (secondary N) is 1. The average molecular weight is 255 g/mol. The Labute approximate surface area is 98.2 Å². The number of aliphatic hydroxyl groups excluding tert-OH is 2. The van der Waals surface area contributed by atoms with Crippen LogP contribution in [0.4, 0.5) is 0 Å². The molecule has 1 aliphatic heterocycles. The van der Waals surface area contributed by atoms with Gasteiger partial charge in [0.2, 0.25) is 5.91 Å². The number of piperidine rings is 1. The van der Waals surface area contributed by atoms with Crippen LogP contribution in [0.2, 0.25) is 0 Å². The van der Waals surface area contributed by atoms with E-state index in [0.29, 0.717) is 0 Å². The van der Waals surface area contributed by atoms with Crippen LogP contribution < -0.4 is 23.0 Å². The van der Waals surface area contributed by atoms with E-state index in [1.807, 2.05) is 0 Å². The molecule has 94 valence electrons. The first kappa shape index (κ1) is 15.1. The fraction of sp³-hybridized carbons (Fsp3) is 0.750. The van der Waals surface area contributed by atoms with Crippen LogP contribution in [0.15, 0.2) is 0 Å². The van der Waals surface area contributed by atoms with E-state index in [1.165, 1.54) is 12.2 Å². The summed E-state index contributed by atoms with van der Waals surface area (Å²) in [5, 5.41) is 31.7. The van der Waals surface area contributed by atoms with E-state index < -0.39 is 30.3 Å². The van der Waals surface area contributed by atoms with Crippen molar-refractivity contribution in [2.75, 3.05) is 6.54 Å². The van der Waals surface area contributed by atoms with Gasteiger partial charge in [-0.3, -0.25) is 9.59 Å². The highest BCUT2D eigenvalue weighted by atomic mass is 35.5. The second-order valence-electron chi connectivity index (χ2n) is 3.62. The lowest BCUT2D eigenvalue weighted by Crippen LogP contribution is -3.01. The fourth-order valence-corrected chi connectivity index (χ4v) is 1.65. The van der Waals surface area contributed by atoms with Gasteiger partial charge in [-0.2, -0.15) is 0 Å². The van der Waals surface area contributed by atoms with Crippen LogP contribution in [-0.2, 0) is 9.59 Å². The van der Waals surface area contributed by atoms with E-state index >= 15 is 0 Å². The Morgan fingerprint density at radius 2 is 1.88 bits per heavy atom. The summed E-state index contributed by atoms with van der Waals surface area (Å²) in [7, 11) is 0. The van der Waals surface area contributed by atoms with Gasteiger partial charge in [-0.15, -0.1) is 0 Å². The second kappa shape index (κ2) is 6.00. The first-order valence-electron chi connectivity index (χ1n) is 4.63. The largest absolute Gasteiger partial charge is 1.00 e. The molecule has 0 bridgehead atoms. The molecule has 1 rings (SSSR count). The Hall–Kier alpha value is -0.890. The monoisotopic (exact) mass is 254 g/mol. The summed E-state index contributed by atoms with van der Waals surface area (Å²) in [5.74, 6) is -2.50. The third kappa shape index (κ3) is 3.31. The maximum atomic E-state index is 10.7. The number of aliphatic hydroxyl groups is 2. The van der Waals surface area contributed by atoms with Gasteiger partial charge in [0, 0.05) is 6.92 Å². The van der Waals surface area contributed by atoms with Crippen molar-refractivity contribution in [3.63, 3.8) is 0 Å². The molecule has 1 fully saturated rings. The first-order valence-corrected chi connectivity index (χ1v) is 4.63. The summed E-state index contributed by atoms with van der Waals surface area (Å²) in [6.07, 6.45) is -3.32. The van der Waals surface area contributed by atoms with Gasteiger partial charge < -0.3 is 38.4 Å². The molecule has 0 aromatic rings. The van der Waals surface area contributed by atoms with Gasteiger partial charge in [0.1, 0.15) is 12.0 Å². The minimum atomic E-state index is -1.36. The predicted octanol–water partition coefficient (Wildman–Crippen LogP) is -6.55. The molecule has 0 saturated carbocycles. The number of hydrogen-bond acceptors (Lipinski definition) is 4. The lowest BCUT2D eigenvalue weighted by molar-refractivity contribution is -0.716. The highest BCUT2D eigenvalue weighted by Crippen LogP contribution is 2.11. The Bertz CT molecular complexity index is 273. The van der Waals surface area contributed by atoms with Gasteiger partial charge in [-0.25, -0.2) is 0 Å². The smallest absolute Gasteiger partial charge is 0.315 e. The minimum absolute atomic E-state index is 0. The number of carbonyl (C=O) groups is 2. The lowest BCUT2D eigenvalue weighted by atomic mass is 9.92. The lowest BCUT2D eigenvalue weighted by Gasteiger charge is -2.33. The van der Waals surface area contributed by atoms with Gasteiger partial charge in [0.15, 0.2) is 12.3 Å².